The van der Waals surface area contributed by atoms with E-state index in [1.54, 1.807) is 7.11 Å². The highest BCUT2D eigenvalue weighted by Crippen LogP contribution is 2.09. The summed E-state index contributed by atoms with van der Waals surface area (Å²) in [5.74, 6) is 0. The minimum atomic E-state index is -0.355. The van der Waals surface area contributed by atoms with Crippen molar-refractivity contribution in [2.45, 2.75) is 6.04 Å². The van der Waals surface area contributed by atoms with Gasteiger partial charge in [0.2, 0.25) is 0 Å². The Labute approximate surface area is 76.0 Å². The van der Waals surface area contributed by atoms with E-state index in [2.05, 4.69) is 24.8 Å². The standard InChI is InChI=1S/C10H14OSi/c1-3-9-6-4-5-7-10(9)8-12-11-2/h3-7H,1,8,12H2,2H3. The number of rotatable bonds is 4. The molecule has 1 nitrogen and oxygen atoms in total. The zero-order valence-electron chi connectivity index (χ0n) is 7.42. The molecule has 64 valence electrons. The van der Waals surface area contributed by atoms with E-state index in [-0.39, 0.29) is 9.76 Å². The maximum absolute atomic E-state index is 5.15. The van der Waals surface area contributed by atoms with Gasteiger partial charge in [-0.15, -0.1) is 0 Å². The Morgan fingerprint density at radius 3 is 2.92 bits per heavy atom. The third kappa shape index (κ3) is 2.32. The monoisotopic (exact) mass is 178 g/mol. The first-order valence-electron chi connectivity index (χ1n) is 4.07. The van der Waals surface area contributed by atoms with Crippen LogP contribution in [0.2, 0.25) is 0 Å². The van der Waals surface area contributed by atoms with Gasteiger partial charge in [-0.05, 0) is 17.2 Å². The first kappa shape index (κ1) is 9.23. The Balaban J connectivity index is 2.75. The Morgan fingerprint density at radius 2 is 2.25 bits per heavy atom. The third-order valence-electron chi connectivity index (χ3n) is 1.85. The van der Waals surface area contributed by atoms with E-state index in [4.69, 9.17) is 4.43 Å². The van der Waals surface area contributed by atoms with Crippen molar-refractivity contribution < 1.29 is 4.43 Å². The van der Waals surface area contributed by atoms with Crippen molar-refractivity contribution in [3.8, 4) is 0 Å². The predicted molar refractivity (Wildman–Crippen MR) is 55.8 cm³/mol. The largest absolute Gasteiger partial charge is 0.427 e. The summed E-state index contributed by atoms with van der Waals surface area (Å²) in [5, 5.41) is 0. The number of hydrogen-bond donors (Lipinski definition) is 0. The molecule has 0 amide bonds. The molecule has 0 atom stereocenters. The molecule has 0 fully saturated rings. The zero-order chi connectivity index (χ0) is 8.81. The SMILES string of the molecule is C=Cc1ccccc1C[SiH2]OC. The van der Waals surface area contributed by atoms with Crippen LogP contribution >= 0.6 is 0 Å². The summed E-state index contributed by atoms with van der Waals surface area (Å²) in [7, 11) is 1.43. The van der Waals surface area contributed by atoms with Gasteiger partial charge < -0.3 is 4.43 Å². The van der Waals surface area contributed by atoms with Crippen molar-refractivity contribution in [3.05, 3.63) is 42.0 Å². The van der Waals surface area contributed by atoms with Crippen molar-refractivity contribution in [3.63, 3.8) is 0 Å². The second kappa shape index (κ2) is 4.90. The van der Waals surface area contributed by atoms with Gasteiger partial charge in [0.15, 0.2) is 9.76 Å². The van der Waals surface area contributed by atoms with Gasteiger partial charge in [-0.25, -0.2) is 0 Å². The molecular formula is C10H14OSi. The highest BCUT2D eigenvalue weighted by Gasteiger charge is 1.96. The summed E-state index contributed by atoms with van der Waals surface area (Å²) in [4.78, 5) is 0. The van der Waals surface area contributed by atoms with Crippen LogP contribution in [-0.4, -0.2) is 16.9 Å². The molecule has 0 aliphatic carbocycles. The van der Waals surface area contributed by atoms with E-state index in [9.17, 15) is 0 Å². The van der Waals surface area contributed by atoms with Crippen LogP contribution in [0.3, 0.4) is 0 Å². The lowest BCUT2D eigenvalue weighted by molar-refractivity contribution is 0.441. The normalized spacial score (nSPS) is 10.8. The zero-order valence-corrected chi connectivity index (χ0v) is 8.83. The van der Waals surface area contributed by atoms with Crippen LogP contribution < -0.4 is 0 Å². The van der Waals surface area contributed by atoms with E-state index < -0.39 is 0 Å². The van der Waals surface area contributed by atoms with Gasteiger partial charge >= 0.3 is 0 Å². The third-order valence-corrected chi connectivity index (χ3v) is 3.00. The molecule has 0 saturated heterocycles. The van der Waals surface area contributed by atoms with Crippen LogP contribution in [-0.2, 0) is 10.5 Å². The van der Waals surface area contributed by atoms with Gasteiger partial charge in [0.25, 0.3) is 0 Å². The molecule has 0 spiro atoms. The van der Waals surface area contributed by atoms with Gasteiger partial charge in [0, 0.05) is 7.11 Å². The lowest BCUT2D eigenvalue weighted by Crippen LogP contribution is -2.00. The fourth-order valence-corrected chi connectivity index (χ4v) is 2.05. The second-order valence-corrected chi connectivity index (χ2v) is 4.13. The molecule has 1 rings (SSSR count). The molecule has 0 saturated carbocycles. The molecule has 0 aromatic heterocycles. The lowest BCUT2D eigenvalue weighted by Gasteiger charge is -2.03. The smallest absolute Gasteiger partial charge is 0.165 e. The molecular weight excluding hydrogens is 164 g/mol. The summed E-state index contributed by atoms with van der Waals surface area (Å²) in [5.41, 5.74) is 2.60. The molecule has 0 heterocycles. The molecule has 0 N–H and O–H groups in total. The Hall–Kier alpha value is -0.863. The van der Waals surface area contributed by atoms with E-state index in [0.29, 0.717) is 0 Å². The number of benzene rings is 1. The van der Waals surface area contributed by atoms with Crippen LogP contribution in [0.5, 0.6) is 0 Å². The van der Waals surface area contributed by atoms with Gasteiger partial charge in [-0.3, -0.25) is 0 Å². The van der Waals surface area contributed by atoms with Crippen LogP contribution in [0.4, 0.5) is 0 Å². The quantitative estimate of drug-likeness (QED) is 0.636. The average molecular weight is 178 g/mol. The van der Waals surface area contributed by atoms with Gasteiger partial charge in [0.05, 0.1) is 0 Å². The van der Waals surface area contributed by atoms with Crippen molar-refractivity contribution in [2.24, 2.45) is 0 Å². The molecule has 0 aliphatic heterocycles. The summed E-state index contributed by atoms with van der Waals surface area (Å²) in [6.07, 6.45) is 1.90. The highest BCUT2D eigenvalue weighted by atomic mass is 28.2. The van der Waals surface area contributed by atoms with E-state index in [1.807, 2.05) is 12.1 Å². The van der Waals surface area contributed by atoms with Crippen molar-refractivity contribution in [1.29, 1.82) is 0 Å². The fraction of sp³-hybridized carbons (Fsp3) is 0.200. The van der Waals surface area contributed by atoms with Gasteiger partial charge in [-0.2, -0.15) is 0 Å². The van der Waals surface area contributed by atoms with Crippen LogP contribution in [0.1, 0.15) is 11.1 Å². The summed E-state index contributed by atoms with van der Waals surface area (Å²) >= 11 is 0. The van der Waals surface area contributed by atoms with Crippen LogP contribution in [0.25, 0.3) is 6.08 Å². The van der Waals surface area contributed by atoms with Gasteiger partial charge in [0.1, 0.15) is 0 Å². The van der Waals surface area contributed by atoms with E-state index in [0.717, 1.165) is 6.04 Å². The molecule has 12 heavy (non-hydrogen) atoms. The first-order chi connectivity index (χ1) is 5.88. The molecule has 1 aromatic rings. The molecule has 1 aromatic carbocycles. The van der Waals surface area contributed by atoms with Crippen molar-refractivity contribution in [1.82, 2.24) is 0 Å². The predicted octanol–water partition coefficient (Wildman–Crippen LogP) is 1.56. The Kier molecular flexibility index (Phi) is 3.77. The Bertz CT molecular complexity index is 258. The van der Waals surface area contributed by atoms with E-state index >= 15 is 0 Å². The maximum atomic E-state index is 5.15. The first-order valence-corrected chi connectivity index (χ1v) is 5.65. The van der Waals surface area contributed by atoms with Crippen molar-refractivity contribution in [2.75, 3.05) is 7.11 Å². The maximum Gasteiger partial charge on any atom is 0.165 e. The summed E-state index contributed by atoms with van der Waals surface area (Å²) in [6.45, 7) is 3.77. The Morgan fingerprint density at radius 1 is 1.50 bits per heavy atom. The van der Waals surface area contributed by atoms with Crippen molar-refractivity contribution >= 4 is 15.8 Å². The highest BCUT2D eigenvalue weighted by molar-refractivity contribution is 6.26. The summed E-state index contributed by atoms with van der Waals surface area (Å²) in [6, 6.07) is 9.43. The lowest BCUT2D eigenvalue weighted by atomic mass is 10.1. The summed E-state index contributed by atoms with van der Waals surface area (Å²) < 4.78 is 5.15. The van der Waals surface area contributed by atoms with E-state index in [1.165, 1.54) is 11.1 Å². The van der Waals surface area contributed by atoms with Crippen LogP contribution in [0, 0.1) is 0 Å². The van der Waals surface area contributed by atoms with Gasteiger partial charge in [-0.1, -0.05) is 36.9 Å². The minimum Gasteiger partial charge on any atom is -0.427 e. The minimum absolute atomic E-state index is 0.355. The fourth-order valence-electron chi connectivity index (χ4n) is 1.17. The number of hydrogen-bond acceptors (Lipinski definition) is 1. The molecule has 0 radical (unpaired) electrons. The molecule has 0 aliphatic rings. The molecule has 0 bridgehead atoms. The second-order valence-electron chi connectivity index (χ2n) is 2.65. The van der Waals surface area contributed by atoms with Crippen LogP contribution in [0.15, 0.2) is 30.8 Å². The molecule has 2 heteroatoms. The average Bonchev–Trinajstić information content (AvgIpc) is 2.15. The molecule has 0 unspecified atom stereocenters. The topological polar surface area (TPSA) is 9.23 Å².